The molecule has 0 aliphatic heterocycles. The number of amides is 1. The number of hydrogen-bond acceptors (Lipinski definition) is 1. The van der Waals surface area contributed by atoms with E-state index >= 15 is 0 Å². The Hall–Kier alpha value is -0.830. The average Bonchev–Trinajstić information content (AvgIpc) is 2.09. The first-order valence-corrected chi connectivity index (χ1v) is 4.42. The molecule has 0 spiro atoms. The van der Waals surface area contributed by atoms with Crippen molar-refractivity contribution >= 4 is 22.3 Å². The minimum absolute atomic E-state index is 0.644. The molecule has 1 aromatic carbocycles. The molecule has 1 amide bonds. The van der Waals surface area contributed by atoms with Crippen molar-refractivity contribution in [3.05, 3.63) is 34.3 Å². The fourth-order valence-corrected chi connectivity index (χ4v) is 1.34. The summed E-state index contributed by atoms with van der Waals surface area (Å²) in [6.07, 6.45) is 0.819. The Kier molecular flexibility index (Phi) is 3.29. The van der Waals surface area contributed by atoms with Crippen molar-refractivity contribution in [1.82, 2.24) is 4.90 Å². The molecule has 3 heteroatoms. The number of benzene rings is 1. The largest absolute Gasteiger partial charge is 0.344 e. The van der Waals surface area contributed by atoms with E-state index in [9.17, 15) is 4.79 Å². The molecule has 0 aromatic heterocycles. The molecular formula is C9H10BrNO. The second-order valence-electron chi connectivity index (χ2n) is 2.61. The fourth-order valence-electron chi connectivity index (χ4n) is 0.933. The Labute approximate surface area is 80.3 Å². The maximum atomic E-state index is 10.3. The van der Waals surface area contributed by atoms with Crippen LogP contribution in [0.2, 0.25) is 0 Å². The molecule has 0 aliphatic carbocycles. The summed E-state index contributed by atoms with van der Waals surface area (Å²) < 4.78 is 1.04. The predicted molar refractivity (Wildman–Crippen MR) is 51.7 cm³/mol. The van der Waals surface area contributed by atoms with Gasteiger partial charge < -0.3 is 4.90 Å². The van der Waals surface area contributed by atoms with Gasteiger partial charge in [0.05, 0.1) is 0 Å². The lowest BCUT2D eigenvalue weighted by molar-refractivity contribution is -0.117. The topological polar surface area (TPSA) is 20.3 Å². The summed E-state index contributed by atoms with van der Waals surface area (Å²) in [4.78, 5) is 11.9. The molecule has 0 atom stereocenters. The third-order valence-corrected chi connectivity index (χ3v) is 2.33. The highest BCUT2D eigenvalue weighted by atomic mass is 79.9. The molecule has 0 N–H and O–H groups in total. The van der Waals surface area contributed by atoms with Crippen LogP contribution >= 0.6 is 15.9 Å². The summed E-state index contributed by atoms with van der Waals surface area (Å²) in [7, 11) is 1.76. The monoisotopic (exact) mass is 227 g/mol. The van der Waals surface area contributed by atoms with Crippen LogP contribution in [0.3, 0.4) is 0 Å². The second-order valence-corrected chi connectivity index (χ2v) is 3.47. The quantitative estimate of drug-likeness (QED) is 0.725. The number of carbonyl (C=O) groups is 1. The summed E-state index contributed by atoms with van der Waals surface area (Å²) in [5.41, 5.74) is 1.12. The average molecular weight is 228 g/mol. The van der Waals surface area contributed by atoms with E-state index in [2.05, 4.69) is 15.9 Å². The third kappa shape index (κ3) is 2.34. The van der Waals surface area contributed by atoms with Gasteiger partial charge in [0.2, 0.25) is 6.41 Å². The molecule has 0 unspecified atom stereocenters. The van der Waals surface area contributed by atoms with Crippen LogP contribution in [-0.2, 0) is 11.3 Å². The van der Waals surface area contributed by atoms with E-state index in [0.29, 0.717) is 6.54 Å². The minimum atomic E-state index is 0.644. The Morgan fingerprint density at radius 2 is 2.17 bits per heavy atom. The van der Waals surface area contributed by atoms with Gasteiger partial charge in [-0.2, -0.15) is 0 Å². The van der Waals surface area contributed by atoms with Gasteiger partial charge in [0.1, 0.15) is 0 Å². The number of hydrogen-bond donors (Lipinski definition) is 0. The highest BCUT2D eigenvalue weighted by Crippen LogP contribution is 2.16. The molecular weight excluding hydrogens is 218 g/mol. The minimum Gasteiger partial charge on any atom is -0.344 e. The van der Waals surface area contributed by atoms with Gasteiger partial charge in [0.15, 0.2) is 0 Å². The van der Waals surface area contributed by atoms with Crippen molar-refractivity contribution in [2.24, 2.45) is 0 Å². The Bertz CT molecular complexity index is 275. The van der Waals surface area contributed by atoms with Gasteiger partial charge in [-0.25, -0.2) is 0 Å². The molecule has 2 nitrogen and oxygen atoms in total. The van der Waals surface area contributed by atoms with Crippen LogP contribution in [0.1, 0.15) is 5.56 Å². The van der Waals surface area contributed by atoms with Crippen molar-refractivity contribution < 1.29 is 4.79 Å². The number of carbonyl (C=O) groups excluding carboxylic acids is 1. The van der Waals surface area contributed by atoms with Crippen molar-refractivity contribution in [3.63, 3.8) is 0 Å². The molecule has 0 radical (unpaired) electrons. The van der Waals surface area contributed by atoms with E-state index in [1.807, 2.05) is 24.3 Å². The first kappa shape index (κ1) is 9.26. The smallest absolute Gasteiger partial charge is 0.209 e. The number of halogens is 1. The van der Waals surface area contributed by atoms with Crippen LogP contribution in [-0.4, -0.2) is 18.4 Å². The lowest BCUT2D eigenvalue weighted by Gasteiger charge is -2.11. The molecule has 0 fully saturated rings. The summed E-state index contributed by atoms with van der Waals surface area (Å²) in [5.74, 6) is 0. The van der Waals surface area contributed by atoms with E-state index in [-0.39, 0.29) is 0 Å². The Balaban J connectivity index is 2.75. The van der Waals surface area contributed by atoms with E-state index in [0.717, 1.165) is 16.4 Å². The lowest BCUT2D eigenvalue weighted by Crippen LogP contribution is -2.15. The first-order chi connectivity index (χ1) is 5.74. The van der Waals surface area contributed by atoms with Gasteiger partial charge in [-0.1, -0.05) is 34.1 Å². The first-order valence-electron chi connectivity index (χ1n) is 3.63. The van der Waals surface area contributed by atoms with E-state index in [4.69, 9.17) is 0 Å². The van der Waals surface area contributed by atoms with Crippen molar-refractivity contribution in [1.29, 1.82) is 0 Å². The van der Waals surface area contributed by atoms with Crippen LogP contribution in [0, 0.1) is 0 Å². The highest BCUT2D eigenvalue weighted by molar-refractivity contribution is 9.10. The summed E-state index contributed by atoms with van der Waals surface area (Å²) in [6, 6.07) is 7.87. The molecule has 0 saturated carbocycles. The van der Waals surface area contributed by atoms with E-state index in [1.165, 1.54) is 0 Å². The molecule has 0 heterocycles. The standard InChI is InChI=1S/C9H10BrNO/c1-11(7-12)6-8-4-2-3-5-9(8)10/h2-5,7H,6H2,1H3. The van der Waals surface area contributed by atoms with Crippen molar-refractivity contribution in [2.75, 3.05) is 7.05 Å². The third-order valence-electron chi connectivity index (χ3n) is 1.56. The van der Waals surface area contributed by atoms with Gasteiger partial charge in [0, 0.05) is 18.1 Å². The summed E-state index contributed by atoms with van der Waals surface area (Å²) >= 11 is 3.41. The zero-order valence-corrected chi connectivity index (χ0v) is 8.41. The van der Waals surface area contributed by atoms with Gasteiger partial charge in [-0.3, -0.25) is 4.79 Å². The Morgan fingerprint density at radius 1 is 1.50 bits per heavy atom. The Morgan fingerprint density at radius 3 is 2.75 bits per heavy atom. The molecule has 0 bridgehead atoms. The van der Waals surface area contributed by atoms with E-state index in [1.54, 1.807) is 11.9 Å². The van der Waals surface area contributed by atoms with Gasteiger partial charge in [0.25, 0.3) is 0 Å². The molecule has 12 heavy (non-hydrogen) atoms. The zero-order valence-electron chi connectivity index (χ0n) is 6.83. The lowest BCUT2D eigenvalue weighted by atomic mass is 10.2. The zero-order chi connectivity index (χ0) is 8.97. The highest BCUT2D eigenvalue weighted by Gasteiger charge is 1.99. The molecule has 64 valence electrons. The predicted octanol–water partition coefficient (Wildman–Crippen LogP) is 2.04. The molecule has 1 rings (SSSR count). The van der Waals surface area contributed by atoms with Crippen LogP contribution in [0.4, 0.5) is 0 Å². The van der Waals surface area contributed by atoms with Gasteiger partial charge >= 0.3 is 0 Å². The fraction of sp³-hybridized carbons (Fsp3) is 0.222. The number of rotatable bonds is 3. The summed E-state index contributed by atoms with van der Waals surface area (Å²) in [5, 5.41) is 0. The van der Waals surface area contributed by atoms with Crippen LogP contribution < -0.4 is 0 Å². The van der Waals surface area contributed by atoms with Crippen LogP contribution in [0.15, 0.2) is 28.7 Å². The van der Waals surface area contributed by atoms with Gasteiger partial charge in [-0.15, -0.1) is 0 Å². The number of nitrogens with zero attached hydrogens (tertiary/aromatic N) is 1. The van der Waals surface area contributed by atoms with Crippen molar-refractivity contribution in [3.8, 4) is 0 Å². The maximum Gasteiger partial charge on any atom is 0.209 e. The summed E-state index contributed by atoms with van der Waals surface area (Å²) in [6.45, 7) is 0.644. The van der Waals surface area contributed by atoms with Gasteiger partial charge in [-0.05, 0) is 11.6 Å². The maximum absolute atomic E-state index is 10.3. The van der Waals surface area contributed by atoms with Crippen LogP contribution in [0.25, 0.3) is 0 Å². The normalized spacial score (nSPS) is 9.50. The SMILES string of the molecule is CN(C=O)Cc1ccccc1Br. The second kappa shape index (κ2) is 4.26. The molecule has 0 saturated heterocycles. The molecule has 0 aliphatic rings. The molecule has 1 aromatic rings. The van der Waals surface area contributed by atoms with Crippen LogP contribution in [0.5, 0.6) is 0 Å². The van der Waals surface area contributed by atoms with E-state index < -0.39 is 0 Å². The van der Waals surface area contributed by atoms with Crippen molar-refractivity contribution in [2.45, 2.75) is 6.54 Å².